The Morgan fingerprint density at radius 3 is 2.62 bits per heavy atom. The average molecular weight is 317 g/mol. The van der Waals surface area contributed by atoms with Crippen LogP contribution in [-0.2, 0) is 12.8 Å². The van der Waals surface area contributed by atoms with Gasteiger partial charge in [0.25, 0.3) is 5.91 Å². The molecule has 3 aromatic rings. The van der Waals surface area contributed by atoms with Crippen molar-refractivity contribution in [2.75, 3.05) is 0 Å². The molecular weight excluding hydrogens is 304 g/mol. The van der Waals surface area contributed by atoms with Crippen LogP contribution in [0.2, 0.25) is 4.34 Å². The van der Waals surface area contributed by atoms with E-state index < -0.39 is 0 Å². The Kier molecular flexibility index (Phi) is 3.01. The van der Waals surface area contributed by atoms with Gasteiger partial charge in [-0.15, -0.1) is 11.3 Å². The molecule has 2 aromatic heterocycles. The van der Waals surface area contributed by atoms with Crippen LogP contribution in [-0.4, -0.2) is 16.9 Å². The molecule has 2 heterocycles. The molecule has 5 heteroatoms. The van der Waals surface area contributed by atoms with Crippen molar-refractivity contribution < 1.29 is 4.79 Å². The Labute approximate surface area is 130 Å². The van der Waals surface area contributed by atoms with Crippen molar-refractivity contribution in [2.24, 2.45) is 0 Å². The molecule has 1 aromatic carbocycles. The SMILES string of the molecule is O=C(NC1Cc2ccccc2C1)c1cc2cc(Cl)sc2[nH]1. The Balaban J connectivity index is 1.50. The largest absolute Gasteiger partial charge is 0.347 e. The maximum atomic E-state index is 12.3. The first-order chi connectivity index (χ1) is 10.2. The zero-order chi connectivity index (χ0) is 14.4. The van der Waals surface area contributed by atoms with Crippen LogP contribution in [0.1, 0.15) is 21.6 Å². The van der Waals surface area contributed by atoms with Gasteiger partial charge in [-0.1, -0.05) is 35.9 Å². The normalized spacial score (nSPS) is 14.5. The van der Waals surface area contributed by atoms with Crippen molar-refractivity contribution in [2.45, 2.75) is 18.9 Å². The van der Waals surface area contributed by atoms with E-state index in [0.717, 1.165) is 27.4 Å². The average Bonchev–Trinajstić information content (AvgIpc) is 3.09. The summed E-state index contributed by atoms with van der Waals surface area (Å²) in [4.78, 5) is 16.4. The molecule has 1 aliphatic rings. The maximum Gasteiger partial charge on any atom is 0.267 e. The summed E-state index contributed by atoms with van der Waals surface area (Å²) in [5.74, 6) is -0.0488. The number of carbonyl (C=O) groups is 1. The third-order valence-electron chi connectivity index (χ3n) is 3.91. The molecular formula is C16H13ClN2OS. The lowest BCUT2D eigenvalue weighted by atomic mass is 10.1. The fourth-order valence-corrected chi connectivity index (χ4v) is 4.07. The summed E-state index contributed by atoms with van der Waals surface area (Å²) in [5, 5.41) is 4.10. The fraction of sp³-hybridized carbons (Fsp3) is 0.188. The van der Waals surface area contributed by atoms with Crippen LogP contribution < -0.4 is 5.32 Å². The summed E-state index contributed by atoms with van der Waals surface area (Å²) in [5.41, 5.74) is 3.27. The van der Waals surface area contributed by atoms with Crippen LogP contribution in [0.4, 0.5) is 0 Å². The van der Waals surface area contributed by atoms with Gasteiger partial charge in [0, 0.05) is 11.4 Å². The van der Waals surface area contributed by atoms with E-state index in [2.05, 4.69) is 22.4 Å². The van der Waals surface area contributed by atoms with E-state index in [1.165, 1.54) is 22.5 Å². The number of amides is 1. The number of H-pyrrole nitrogens is 1. The number of aromatic amines is 1. The number of rotatable bonds is 2. The van der Waals surface area contributed by atoms with Crippen molar-refractivity contribution in [3.05, 3.63) is 57.6 Å². The Morgan fingerprint density at radius 1 is 1.24 bits per heavy atom. The predicted octanol–water partition coefficient (Wildman–Crippen LogP) is 3.78. The van der Waals surface area contributed by atoms with Gasteiger partial charge in [0.15, 0.2) is 0 Å². The Hall–Kier alpha value is -1.78. The number of thiophene rings is 1. The molecule has 0 fully saturated rings. The van der Waals surface area contributed by atoms with Gasteiger partial charge in [-0.05, 0) is 36.1 Å². The van der Waals surface area contributed by atoms with Crippen LogP contribution in [0.5, 0.6) is 0 Å². The molecule has 4 rings (SSSR count). The monoisotopic (exact) mass is 316 g/mol. The van der Waals surface area contributed by atoms with Gasteiger partial charge in [0.1, 0.15) is 10.5 Å². The highest BCUT2D eigenvalue weighted by Crippen LogP contribution is 2.29. The number of aromatic nitrogens is 1. The molecule has 1 aliphatic carbocycles. The first-order valence-corrected chi connectivity index (χ1v) is 8.04. The van der Waals surface area contributed by atoms with Crippen molar-refractivity contribution in [3.63, 3.8) is 0 Å². The molecule has 0 saturated heterocycles. The van der Waals surface area contributed by atoms with Gasteiger partial charge in [0.2, 0.25) is 0 Å². The summed E-state index contributed by atoms with van der Waals surface area (Å²) >= 11 is 7.40. The van der Waals surface area contributed by atoms with Crippen LogP contribution in [0.3, 0.4) is 0 Å². The predicted molar refractivity (Wildman–Crippen MR) is 86.3 cm³/mol. The molecule has 0 radical (unpaired) electrons. The number of carbonyl (C=O) groups excluding carboxylic acids is 1. The highest BCUT2D eigenvalue weighted by molar-refractivity contribution is 7.22. The van der Waals surface area contributed by atoms with Gasteiger partial charge in [-0.3, -0.25) is 4.79 Å². The second kappa shape index (κ2) is 4.90. The molecule has 106 valence electrons. The van der Waals surface area contributed by atoms with Gasteiger partial charge in [-0.2, -0.15) is 0 Å². The van der Waals surface area contributed by atoms with E-state index in [1.54, 1.807) is 0 Å². The van der Waals surface area contributed by atoms with Crippen LogP contribution in [0.15, 0.2) is 36.4 Å². The molecule has 3 nitrogen and oxygen atoms in total. The van der Waals surface area contributed by atoms with Crippen molar-refractivity contribution in [3.8, 4) is 0 Å². The number of hydrogen-bond acceptors (Lipinski definition) is 2. The Bertz CT molecular complexity index is 779. The lowest BCUT2D eigenvalue weighted by Gasteiger charge is -2.10. The maximum absolute atomic E-state index is 12.3. The van der Waals surface area contributed by atoms with Crippen LogP contribution in [0.25, 0.3) is 10.2 Å². The number of fused-ring (bicyclic) bond motifs is 2. The minimum absolute atomic E-state index is 0.0488. The van der Waals surface area contributed by atoms with Crippen molar-refractivity contribution in [1.82, 2.24) is 10.3 Å². The summed E-state index contributed by atoms with van der Waals surface area (Å²) in [7, 11) is 0. The topological polar surface area (TPSA) is 44.9 Å². The standard InChI is InChI=1S/C16H13ClN2OS/c17-14-8-11-7-13(19-16(11)21-14)15(20)18-12-5-9-3-1-2-4-10(9)6-12/h1-4,7-8,12,19H,5-6H2,(H,18,20). The third kappa shape index (κ3) is 2.34. The molecule has 0 aliphatic heterocycles. The highest BCUT2D eigenvalue weighted by atomic mass is 35.5. The number of halogens is 1. The van der Waals surface area contributed by atoms with Gasteiger partial charge in [-0.25, -0.2) is 0 Å². The quantitative estimate of drug-likeness (QED) is 0.742. The first kappa shape index (κ1) is 12.9. The van der Waals surface area contributed by atoms with E-state index >= 15 is 0 Å². The molecule has 0 spiro atoms. The van der Waals surface area contributed by atoms with Crippen molar-refractivity contribution >= 4 is 39.1 Å². The smallest absolute Gasteiger partial charge is 0.267 e. The van der Waals surface area contributed by atoms with Crippen molar-refractivity contribution in [1.29, 1.82) is 0 Å². The third-order valence-corrected chi connectivity index (χ3v) is 5.10. The van der Waals surface area contributed by atoms with Crippen LogP contribution >= 0.6 is 22.9 Å². The summed E-state index contributed by atoms with van der Waals surface area (Å²) in [6.07, 6.45) is 1.81. The second-order valence-corrected chi connectivity index (χ2v) is 7.05. The first-order valence-electron chi connectivity index (χ1n) is 6.85. The van der Waals surface area contributed by atoms with E-state index in [9.17, 15) is 4.79 Å². The molecule has 0 bridgehead atoms. The molecule has 2 N–H and O–H groups in total. The van der Waals surface area contributed by atoms with Gasteiger partial charge in [0.05, 0.1) is 4.34 Å². The highest BCUT2D eigenvalue weighted by Gasteiger charge is 2.23. The number of hydrogen-bond donors (Lipinski definition) is 2. The summed E-state index contributed by atoms with van der Waals surface area (Å²) in [6.45, 7) is 0. The van der Waals surface area contributed by atoms with Gasteiger partial charge >= 0.3 is 0 Å². The zero-order valence-corrected chi connectivity index (χ0v) is 12.7. The number of nitrogens with one attached hydrogen (secondary N) is 2. The van der Waals surface area contributed by atoms with E-state index in [0.29, 0.717) is 5.69 Å². The molecule has 21 heavy (non-hydrogen) atoms. The molecule has 0 atom stereocenters. The lowest BCUT2D eigenvalue weighted by molar-refractivity contribution is 0.0934. The van der Waals surface area contributed by atoms with Gasteiger partial charge < -0.3 is 10.3 Å². The minimum Gasteiger partial charge on any atom is -0.347 e. The van der Waals surface area contributed by atoms with E-state index in [1.807, 2.05) is 24.3 Å². The zero-order valence-electron chi connectivity index (χ0n) is 11.2. The summed E-state index contributed by atoms with van der Waals surface area (Å²) < 4.78 is 0.731. The van der Waals surface area contributed by atoms with E-state index in [-0.39, 0.29) is 11.9 Å². The van der Waals surface area contributed by atoms with E-state index in [4.69, 9.17) is 11.6 Å². The van der Waals surface area contributed by atoms with Crippen LogP contribution in [0, 0.1) is 0 Å². The lowest BCUT2D eigenvalue weighted by Crippen LogP contribution is -2.35. The molecule has 0 saturated carbocycles. The minimum atomic E-state index is -0.0488. The fourth-order valence-electron chi connectivity index (χ4n) is 2.94. The molecule has 0 unspecified atom stereocenters. The number of benzene rings is 1. The second-order valence-electron chi connectivity index (χ2n) is 5.37. The molecule has 1 amide bonds. The summed E-state index contributed by atoms with van der Waals surface area (Å²) in [6, 6.07) is 12.3. The Morgan fingerprint density at radius 2 is 1.95 bits per heavy atom.